The SMILES string of the molecule is CC(=O)C(CC(F)F)c1ccc(F)cc1. The van der Waals surface area contributed by atoms with Crippen LogP contribution in [0.1, 0.15) is 24.8 Å². The van der Waals surface area contributed by atoms with Crippen LogP contribution in [0.2, 0.25) is 0 Å². The van der Waals surface area contributed by atoms with Crippen LogP contribution in [0.5, 0.6) is 0 Å². The standard InChI is InChI=1S/C11H11F3O/c1-7(15)10(6-11(13)14)8-2-4-9(12)5-3-8/h2-5,10-11H,6H2,1H3. The van der Waals surface area contributed by atoms with Gasteiger partial charge >= 0.3 is 0 Å². The van der Waals surface area contributed by atoms with E-state index in [-0.39, 0.29) is 5.78 Å². The molecule has 0 radical (unpaired) electrons. The Morgan fingerprint density at radius 2 is 1.80 bits per heavy atom. The first kappa shape index (κ1) is 11.8. The van der Waals surface area contributed by atoms with Gasteiger partial charge < -0.3 is 0 Å². The number of Topliss-reactive ketones (excluding diaryl/α,β-unsaturated/α-hetero) is 1. The lowest BCUT2D eigenvalue weighted by Gasteiger charge is -2.13. The molecule has 82 valence electrons. The highest BCUT2D eigenvalue weighted by molar-refractivity contribution is 5.83. The first-order valence-corrected chi connectivity index (χ1v) is 4.54. The van der Waals surface area contributed by atoms with Crippen molar-refractivity contribution in [3.05, 3.63) is 35.6 Å². The number of carbonyl (C=O) groups is 1. The van der Waals surface area contributed by atoms with Crippen molar-refractivity contribution in [3.8, 4) is 0 Å². The van der Waals surface area contributed by atoms with E-state index in [2.05, 4.69) is 0 Å². The van der Waals surface area contributed by atoms with Crippen molar-refractivity contribution in [2.24, 2.45) is 0 Å². The molecular formula is C11H11F3O. The van der Waals surface area contributed by atoms with Gasteiger partial charge in [-0.1, -0.05) is 12.1 Å². The molecule has 15 heavy (non-hydrogen) atoms. The summed E-state index contributed by atoms with van der Waals surface area (Å²) in [6, 6.07) is 5.06. The van der Waals surface area contributed by atoms with E-state index in [0.717, 1.165) is 12.1 Å². The monoisotopic (exact) mass is 216 g/mol. The highest BCUT2D eigenvalue weighted by atomic mass is 19.3. The van der Waals surface area contributed by atoms with Gasteiger partial charge in [0, 0.05) is 12.3 Å². The summed E-state index contributed by atoms with van der Waals surface area (Å²) in [4.78, 5) is 11.1. The van der Waals surface area contributed by atoms with Gasteiger partial charge in [0.15, 0.2) is 0 Å². The van der Waals surface area contributed by atoms with Crippen LogP contribution in [0.25, 0.3) is 0 Å². The fourth-order valence-electron chi connectivity index (χ4n) is 1.41. The molecule has 4 heteroatoms. The Morgan fingerprint density at radius 1 is 1.27 bits per heavy atom. The van der Waals surface area contributed by atoms with Crippen LogP contribution in [-0.2, 0) is 4.79 Å². The maximum absolute atomic E-state index is 12.6. The first-order chi connectivity index (χ1) is 7.00. The highest BCUT2D eigenvalue weighted by Gasteiger charge is 2.21. The number of rotatable bonds is 4. The predicted molar refractivity (Wildman–Crippen MR) is 50.4 cm³/mol. The maximum Gasteiger partial charge on any atom is 0.239 e. The van der Waals surface area contributed by atoms with Gasteiger partial charge in [0.25, 0.3) is 0 Å². The van der Waals surface area contributed by atoms with Crippen molar-refractivity contribution in [2.75, 3.05) is 0 Å². The molecule has 0 saturated carbocycles. The van der Waals surface area contributed by atoms with Crippen molar-refractivity contribution in [1.82, 2.24) is 0 Å². The Kier molecular flexibility index (Phi) is 3.88. The van der Waals surface area contributed by atoms with Crippen LogP contribution in [0.15, 0.2) is 24.3 Å². The van der Waals surface area contributed by atoms with Gasteiger partial charge in [0.05, 0.1) is 0 Å². The molecule has 1 rings (SSSR count). The van der Waals surface area contributed by atoms with Gasteiger partial charge in [0.1, 0.15) is 11.6 Å². The molecule has 0 heterocycles. The third kappa shape index (κ3) is 3.38. The molecular weight excluding hydrogens is 205 g/mol. The maximum atomic E-state index is 12.6. The van der Waals surface area contributed by atoms with Crippen molar-refractivity contribution < 1.29 is 18.0 Å². The van der Waals surface area contributed by atoms with Crippen LogP contribution in [0.4, 0.5) is 13.2 Å². The minimum Gasteiger partial charge on any atom is -0.299 e. The topological polar surface area (TPSA) is 17.1 Å². The molecule has 0 N–H and O–H groups in total. The lowest BCUT2D eigenvalue weighted by Crippen LogP contribution is -2.12. The average molecular weight is 216 g/mol. The van der Waals surface area contributed by atoms with E-state index in [1.165, 1.54) is 19.1 Å². The summed E-state index contributed by atoms with van der Waals surface area (Å²) < 4.78 is 36.9. The van der Waals surface area contributed by atoms with E-state index < -0.39 is 24.6 Å². The number of alkyl halides is 2. The summed E-state index contributed by atoms with van der Waals surface area (Å²) >= 11 is 0. The molecule has 0 aliphatic carbocycles. The summed E-state index contributed by atoms with van der Waals surface area (Å²) in [5.74, 6) is -1.62. The zero-order valence-corrected chi connectivity index (χ0v) is 8.21. The molecule has 0 amide bonds. The van der Waals surface area contributed by atoms with Crippen molar-refractivity contribution in [1.29, 1.82) is 0 Å². The zero-order valence-electron chi connectivity index (χ0n) is 8.21. The van der Waals surface area contributed by atoms with Crippen LogP contribution < -0.4 is 0 Å². The van der Waals surface area contributed by atoms with E-state index in [0.29, 0.717) is 5.56 Å². The molecule has 1 aromatic carbocycles. The molecule has 0 spiro atoms. The fraction of sp³-hybridized carbons (Fsp3) is 0.364. The number of hydrogen-bond acceptors (Lipinski definition) is 1. The third-order valence-corrected chi connectivity index (χ3v) is 2.18. The largest absolute Gasteiger partial charge is 0.299 e. The quantitative estimate of drug-likeness (QED) is 0.755. The minimum atomic E-state index is -2.54. The Balaban J connectivity index is 2.89. The number of halogens is 3. The van der Waals surface area contributed by atoms with E-state index in [1.807, 2.05) is 0 Å². The molecule has 0 aromatic heterocycles. The van der Waals surface area contributed by atoms with Crippen LogP contribution >= 0.6 is 0 Å². The zero-order chi connectivity index (χ0) is 11.4. The molecule has 1 aromatic rings. The molecule has 0 saturated heterocycles. The normalized spacial score (nSPS) is 12.9. The number of hydrogen-bond donors (Lipinski definition) is 0. The smallest absolute Gasteiger partial charge is 0.239 e. The average Bonchev–Trinajstić information content (AvgIpc) is 2.15. The van der Waals surface area contributed by atoms with E-state index in [4.69, 9.17) is 0 Å². The first-order valence-electron chi connectivity index (χ1n) is 4.54. The fourth-order valence-corrected chi connectivity index (χ4v) is 1.41. The van der Waals surface area contributed by atoms with Crippen LogP contribution in [0, 0.1) is 5.82 Å². The van der Waals surface area contributed by atoms with Crippen molar-refractivity contribution in [2.45, 2.75) is 25.7 Å². The summed E-state index contributed by atoms with van der Waals surface area (Å²) in [6.07, 6.45) is -3.05. The van der Waals surface area contributed by atoms with Gasteiger partial charge in [-0.2, -0.15) is 0 Å². The molecule has 0 fully saturated rings. The Morgan fingerprint density at radius 3 is 2.20 bits per heavy atom. The molecule has 0 bridgehead atoms. The molecule has 0 aliphatic heterocycles. The minimum absolute atomic E-state index is 0.332. The second kappa shape index (κ2) is 4.96. The summed E-state index contributed by atoms with van der Waals surface area (Å²) in [5.41, 5.74) is 0.434. The van der Waals surface area contributed by atoms with E-state index >= 15 is 0 Å². The van der Waals surface area contributed by atoms with Gasteiger partial charge in [-0.3, -0.25) is 4.79 Å². The number of benzene rings is 1. The summed E-state index contributed by atoms with van der Waals surface area (Å²) in [5, 5.41) is 0. The molecule has 1 unspecified atom stereocenters. The summed E-state index contributed by atoms with van der Waals surface area (Å²) in [7, 11) is 0. The van der Waals surface area contributed by atoms with E-state index in [1.54, 1.807) is 0 Å². The lowest BCUT2D eigenvalue weighted by molar-refractivity contribution is -0.119. The van der Waals surface area contributed by atoms with E-state index in [9.17, 15) is 18.0 Å². The number of ketones is 1. The third-order valence-electron chi connectivity index (χ3n) is 2.18. The van der Waals surface area contributed by atoms with Crippen molar-refractivity contribution >= 4 is 5.78 Å². The van der Waals surface area contributed by atoms with Crippen molar-refractivity contribution in [3.63, 3.8) is 0 Å². The second-order valence-corrected chi connectivity index (χ2v) is 3.34. The molecule has 1 atom stereocenters. The highest BCUT2D eigenvalue weighted by Crippen LogP contribution is 2.24. The van der Waals surface area contributed by atoms with Gasteiger partial charge in [-0.25, -0.2) is 13.2 Å². The molecule has 1 nitrogen and oxygen atoms in total. The Hall–Kier alpha value is -1.32. The van der Waals surface area contributed by atoms with Gasteiger partial charge in [-0.15, -0.1) is 0 Å². The Labute approximate surface area is 85.9 Å². The van der Waals surface area contributed by atoms with Gasteiger partial charge in [-0.05, 0) is 24.6 Å². The van der Waals surface area contributed by atoms with Gasteiger partial charge in [0.2, 0.25) is 6.43 Å². The number of carbonyl (C=O) groups excluding carboxylic acids is 1. The predicted octanol–water partition coefficient (Wildman–Crippen LogP) is 3.15. The second-order valence-electron chi connectivity index (χ2n) is 3.34. The van der Waals surface area contributed by atoms with Crippen LogP contribution in [0.3, 0.4) is 0 Å². The molecule has 0 aliphatic rings. The lowest BCUT2D eigenvalue weighted by atomic mass is 9.92. The Bertz CT molecular complexity index is 332. The van der Waals surface area contributed by atoms with Crippen LogP contribution in [-0.4, -0.2) is 12.2 Å². The summed E-state index contributed by atoms with van der Waals surface area (Å²) in [6.45, 7) is 1.26.